The van der Waals surface area contributed by atoms with Crippen LogP contribution in [-0.4, -0.2) is 38.6 Å². The van der Waals surface area contributed by atoms with Crippen molar-refractivity contribution < 1.29 is 14.9 Å². The summed E-state index contributed by atoms with van der Waals surface area (Å²) in [5.41, 5.74) is -0.748. The Hall–Kier alpha value is -1.44. The van der Waals surface area contributed by atoms with Crippen LogP contribution in [0.2, 0.25) is 0 Å². The fourth-order valence-electron chi connectivity index (χ4n) is 1.91. The van der Waals surface area contributed by atoms with Gasteiger partial charge in [-0.05, 0) is 0 Å². The molecule has 0 unspecified atom stereocenters. The van der Waals surface area contributed by atoms with E-state index in [0.29, 0.717) is 0 Å². The molecular formula is C10H14N2O5. The third-order valence-corrected chi connectivity index (χ3v) is 2.89. The Morgan fingerprint density at radius 2 is 2.29 bits per heavy atom. The highest BCUT2D eigenvalue weighted by Crippen LogP contribution is 2.30. The van der Waals surface area contributed by atoms with Crippen molar-refractivity contribution in [2.24, 2.45) is 7.05 Å². The van der Waals surface area contributed by atoms with Crippen LogP contribution in [0.4, 0.5) is 0 Å². The van der Waals surface area contributed by atoms with Crippen molar-refractivity contribution in [3.8, 4) is 0 Å². The van der Waals surface area contributed by atoms with Gasteiger partial charge in [0, 0.05) is 19.7 Å². The SMILES string of the molecule is Cn1cc([C@@H]2C[C@H](O)[C@@H](CO)O2)c(=O)[nH]c1=O. The number of rotatable bonds is 2. The lowest BCUT2D eigenvalue weighted by Crippen LogP contribution is -2.31. The zero-order valence-corrected chi connectivity index (χ0v) is 9.29. The molecule has 3 atom stereocenters. The van der Waals surface area contributed by atoms with Gasteiger partial charge in [0.25, 0.3) is 5.56 Å². The first-order valence-electron chi connectivity index (χ1n) is 5.27. The minimum atomic E-state index is -0.804. The van der Waals surface area contributed by atoms with Crippen molar-refractivity contribution in [1.29, 1.82) is 0 Å². The summed E-state index contributed by atoms with van der Waals surface area (Å²) >= 11 is 0. The van der Waals surface area contributed by atoms with Crippen LogP contribution in [0.3, 0.4) is 0 Å². The lowest BCUT2D eigenvalue weighted by Gasteiger charge is -2.12. The minimum absolute atomic E-state index is 0.229. The molecule has 94 valence electrons. The molecule has 3 N–H and O–H groups in total. The van der Waals surface area contributed by atoms with Crippen molar-refractivity contribution >= 4 is 0 Å². The molecule has 0 aliphatic carbocycles. The first-order valence-corrected chi connectivity index (χ1v) is 5.27. The molecule has 1 aromatic rings. The molecular weight excluding hydrogens is 228 g/mol. The van der Waals surface area contributed by atoms with E-state index in [0.717, 1.165) is 0 Å². The second kappa shape index (κ2) is 4.44. The van der Waals surface area contributed by atoms with E-state index < -0.39 is 29.6 Å². The molecule has 1 fully saturated rings. The maximum absolute atomic E-state index is 11.6. The summed E-state index contributed by atoms with van der Waals surface area (Å²) in [6.07, 6.45) is -0.471. The highest BCUT2D eigenvalue weighted by atomic mass is 16.5. The summed E-state index contributed by atoms with van der Waals surface area (Å²) in [6, 6.07) is 0. The summed E-state index contributed by atoms with van der Waals surface area (Å²) in [7, 11) is 1.51. The van der Waals surface area contributed by atoms with Gasteiger partial charge in [0.1, 0.15) is 6.10 Å². The molecule has 0 amide bonds. The van der Waals surface area contributed by atoms with Crippen LogP contribution in [0, 0.1) is 0 Å². The molecule has 7 heteroatoms. The zero-order valence-electron chi connectivity index (χ0n) is 9.29. The van der Waals surface area contributed by atoms with Crippen LogP contribution in [0.5, 0.6) is 0 Å². The molecule has 1 saturated heterocycles. The molecule has 0 aromatic carbocycles. The largest absolute Gasteiger partial charge is 0.394 e. The number of ether oxygens (including phenoxy) is 1. The Labute approximate surface area is 96.3 Å². The first kappa shape index (κ1) is 12.0. The Morgan fingerprint density at radius 1 is 1.59 bits per heavy atom. The number of aliphatic hydroxyl groups excluding tert-OH is 2. The van der Waals surface area contributed by atoms with E-state index in [-0.39, 0.29) is 18.6 Å². The number of nitrogens with one attached hydrogen (secondary N) is 1. The summed E-state index contributed by atoms with van der Waals surface area (Å²) in [4.78, 5) is 24.9. The lowest BCUT2D eigenvalue weighted by molar-refractivity contribution is -0.0230. The van der Waals surface area contributed by atoms with E-state index >= 15 is 0 Å². The predicted octanol–water partition coefficient (Wildman–Crippen LogP) is -1.74. The molecule has 7 nitrogen and oxygen atoms in total. The molecule has 0 saturated carbocycles. The van der Waals surface area contributed by atoms with Crippen LogP contribution in [-0.2, 0) is 11.8 Å². The van der Waals surface area contributed by atoms with Gasteiger partial charge in [0.2, 0.25) is 0 Å². The van der Waals surface area contributed by atoms with E-state index in [2.05, 4.69) is 4.98 Å². The molecule has 1 aliphatic rings. The molecule has 0 radical (unpaired) electrons. The van der Waals surface area contributed by atoms with E-state index in [9.17, 15) is 14.7 Å². The first-order chi connectivity index (χ1) is 8.02. The van der Waals surface area contributed by atoms with E-state index in [4.69, 9.17) is 9.84 Å². The van der Waals surface area contributed by atoms with Gasteiger partial charge in [-0.1, -0.05) is 0 Å². The minimum Gasteiger partial charge on any atom is -0.394 e. The number of aryl methyl sites for hydroxylation is 1. The maximum Gasteiger partial charge on any atom is 0.328 e. The van der Waals surface area contributed by atoms with E-state index in [1.165, 1.54) is 17.8 Å². The Morgan fingerprint density at radius 3 is 2.88 bits per heavy atom. The third kappa shape index (κ3) is 2.17. The highest BCUT2D eigenvalue weighted by molar-refractivity contribution is 5.11. The number of aromatic amines is 1. The van der Waals surface area contributed by atoms with Gasteiger partial charge in [0.05, 0.1) is 24.4 Å². The van der Waals surface area contributed by atoms with Gasteiger partial charge in [0.15, 0.2) is 0 Å². The van der Waals surface area contributed by atoms with Crippen molar-refractivity contribution in [2.75, 3.05) is 6.61 Å². The number of aromatic nitrogens is 2. The summed E-state index contributed by atoms with van der Waals surface area (Å²) in [6.45, 7) is -0.304. The van der Waals surface area contributed by atoms with Crippen molar-refractivity contribution in [2.45, 2.75) is 24.7 Å². The van der Waals surface area contributed by atoms with Gasteiger partial charge < -0.3 is 19.5 Å². The normalized spacial score (nSPS) is 28.5. The van der Waals surface area contributed by atoms with E-state index in [1.54, 1.807) is 0 Å². The molecule has 0 spiro atoms. The van der Waals surface area contributed by atoms with Crippen molar-refractivity contribution in [1.82, 2.24) is 9.55 Å². The summed E-state index contributed by atoms with van der Waals surface area (Å²) in [5.74, 6) is 0. The number of hydrogen-bond acceptors (Lipinski definition) is 5. The van der Waals surface area contributed by atoms with Crippen LogP contribution in [0.1, 0.15) is 18.1 Å². The fraction of sp³-hybridized carbons (Fsp3) is 0.600. The highest BCUT2D eigenvalue weighted by Gasteiger charge is 2.35. The molecule has 1 aromatic heterocycles. The summed E-state index contributed by atoms with van der Waals surface area (Å²) in [5, 5.41) is 18.5. The average Bonchev–Trinajstić information content (AvgIpc) is 2.65. The zero-order chi connectivity index (χ0) is 12.6. The summed E-state index contributed by atoms with van der Waals surface area (Å²) < 4.78 is 6.58. The van der Waals surface area contributed by atoms with Gasteiger partial charge >= 0.3 is 5.69 Å². The standard InChI is InChI=1S/C10H14N2O5/c1-12-3-5(9(15)11-10(12)16)7-2-6(14)8(4-13)17-7/h3,6-8,13-14H,2,4H2,1H3,(H,11,15,16)/t6-,7-,8+/m0/s1. The topological polar surface area (TPSA) is 105 Å². The average molecular weight is 242 g/mol. The van der Waals surface area contributed by atoms with Gasteiger partial charge in [-0.2, -0.15) is 0 Å². The molecule has 2 rings (SSSR count). The fourth-order valence-corrected chi connectivity index (χ4v) is 1.91. The van der Waals surface area contributed by atoms with Crippen LogP contribution < -0.4 is 11.2 Å². The number of nitrogens with zero attached hydrogens (tertiary/aromatic N) is 1. The number of H-pyrrole nitrogens is 1. The van der Waals surface area contributed by atoms with Crippen LogP contribution >= 0.6 is 0 Å². The smallest absolute Gasteiger partial charge is 0.328 e. The monoisotopic (exact) mass is 242 g/mol. The molecule has 2 heterocycles. The number of aliphatic hydroxyl groups is 2. The Kier molecular flexibility index (Phi) is 3.14. The van der Waals surface area contributed by atoms with Gasteiger partial charge in [-0.25, -0.2) is 4.79 Å². The van der Waals surface area contributed by atoms with E-state index in [1.807, 2.05) is 0 Å². The van der Waals surface area contributed by atoms with Gasteiger partial charge in [-0.15, -0.1) is 0 Å². The second-order valence-corrected chi connectivity index (χ2v) is 4.10. The maximum atomic E-state index is 11.6. The lowest BCUT2D eigenvalue weighted by atomic mass is 10.1. The second-order valence-electron chi connectivity index (χ2n) is 4.10. The van der Waals surface area contributed by atoms with Crippen molar-refractivity contribution in [3.63, 3.8) is 0 Å². The van der Waals surface area contributed by atoms with Gasteiger partial charge in [-0.3, -0.25) is 9.78 Å². The van der Waals surface area contributed by atoms with Crippen LogP contribution in [0.15, 0.2) is 15.8 Å². The third-order valence-electron chi connectivity index (χ3n) is 2.89. The Bertz CT molecular complexity index is 520. The molecule has 0 bridgehead atoms. The number of hydrogen-bond donors (Lipinski definition) is 3. The molecule has 17 heavy (non-hydrogen) atoms. The van der Waals surface area contributed by atoms with Crippen LogP contribution in [0.25, 0.3) is 0 Å². The Balaban J connectivity index is 2.34. The molecule has 1 aliphatic heterocycles. The quantitative estimate of drug-likeness (QED) is 0.571. The van der Waals surface area contributed by atoms with Crippen molar-refractivity contribution in [3.05, 3.63) is 32.6 Å². The predicted molar refractivity (Wildman–Crippen MR) is 57.6 cm³/mol.